The number of ether oxygens (including phenoxy) is 1. The number of alkyl halides is 1. The van der Waals surface area contributed by atoms with Crippen LogP contribution in [-0.4, -0.2) is 33.6 Å². The first kappa shape index (κ1) is 12.2. The maximum absolute atomic E-state index is 5.95. The van der Waals surface area contributed by atoms with Gasteiger partial charge in [-0.05, 0) is 12.5 Å². The molecule has 3 heterocycles. The van der Waals surface area contributed by atoms with Crippen LogP contribution in [0.25, 0.3) is 11.2 Å². The van der Waals surface area contributed by atoms with Gasteiger partial charge in [0.2, 0.25) is 0 Å². The maximum Gasteiger partial charge on any atom is 0.160 e. The minimum atomic E-state index is 0.307. The molecule has 0 N–H and O–H groups in total. The molecule has 1 aliphatic rings. The molecule has 4 nitrogen and oxygen atoms in total. The van der Waals surface area contributed by atoms with E-state index in [2.05, 4.69) is 14.5 Å². The summed E-state index contributed by atoms with van der Waals surface area (Å²) in [7, 11) is 0. The lowest BCUT2D eigenvalue weighted by molar-refractivity contribution is 0.186. The highest BCUT2D eigenvalue weighted by Crippen LogP contribution is 2.27. The topological polar surface area (TPSA) is 39.9 Å². The second-order valence-corrected chi connectivity index (χ2v) is 5.17. The summed E-state index contributed by atoms with van der Waals surface area (Å²) in [5.41, 5.74) is 1.70. The standard InChI is InChI=1S/C12H13Cl2N3O/c13-3-1-11-16-10-5-8(14)6-15-12(10)17(11)9-2-4-18-7-9/h5-6,9H,1-4,7H2. The molecular weight excluding hydrogens is 273 g/mol. The number of fused-ring (bicyclic) bond motifs is 1. The highest BCUT2D eigenvalue weighted by molar-refractivity contribution is 6.31. The number of hydrogen-bond acceptors (Lipinski definition) is 3. The predicted molar refractivity (Wildman–Crippen MR) is 71.4 cm³/mol. The first-order chi connectivity index (χ1) is 8.79. The zero-order valence-electron chi connectivity index (χ0n) is 9.77. The van der Waals surface area contributed by atoms with Crippen LogP contribution in [-0.2, 0) is 11.2 Å². The SMILES string of the molecule is ClCCc1nc2cc(Cl)cnc2n1C1CCOC1. The molecule has 1 aliphatic heterocycles. The Morgan fingerprint density at radius 2 is 2.39 bits per heavy atom. The van der Waals surface area contributed by atoms with Crippen molar-refractivity contribution in [3.8, 4) is 0 Å². The molecule has 1 fully saturated rings. The van der Waals surface area contributed by atoms with Crippen molar-refractivity contribution in [3.05, 3.63) is 23.1 Å². The van der Waals surface area contributed by atoms with Crippen LogP contribution in [0.2, 0.25) is 5.02 Å². The van der Waals surface area contributed by atoms with Crippen molar-refractivity contribution in [1.29, 1.82) is 0 Å². The fourth-order valence-corrected chi connectivity index (χ4v) is 2.70. The zero-order valence-corrected chi connectivity index (χ0v) is 11.3. The number of hydrogen-bond donors (Lipinski definition) is 0. The van der Waals surface area contributed by atoms with Gasteiger partial charge in [0.1, 0.15) is 11.3 Å². The second-order valence-electron chi connectivity index (χ2n) is 4.35. The Bertz CT molecular complexity index is 564. The smallest absolute Gasteiger partial charge is 0.160 e. The Morgan fingerprint density at radius 1 is 1.50 bits per heavy atom. The highest BCUT2D eigenvalue weighted by Gasteiger charge is 2.23. The molecule has 3 rings (SSSR count). The van der Waals surface area contributed by atoms with Crippen molar-refractivity contribution in [3.63, 3.8) is 0 Å². The fourth-order valence-electron chi connectivity index (χ4n) is 2.37. The van der Waals surface area contributed by atoms with Gasteiger partial charge in [-0.1, -0.05) is 11.6 Å². The zero-order chi connectivity index (χ0) is 12.5. The molecule has 0 radical (unpaired) electrons. The molecule has 18 heavy (non-hydrogen) atoms. The number of halogens is 2. The van der Waals surface area contributed by atoms with Crippen LogP contribution in [0.3, 0.4) is 0 Å². The average Bonchev–Trinajstić information content (AvgIpc) is 2.95. The van der Waals surface area contributed by atoms with Crippen LogP contribution >= 0.6 is 23.2 Å². The number of aryl methyl sites for hydroxylation is 1. The molecule has 0 aliphatic carbocycles. The average molecular weight is 286 g/mol. The number of nitrogens with zero attached hydrogens (tertiary/aromatic N) is 3. The van der Waals surface area contributed by atoms with E-state index in [1.54, 1.807) is 6.20 Å². The molecule has 0 spiro atoms. The monoisotopic (exact) mass is 285 g/mol. The molecule has 1 saturated heterocycles. The van der Waals surface area contributed by atoms with Gasteiger partial charge in [0.15, 0.2) is 5.65 Å². The van der Waals surface area contributed by atoms with Gasteiger partial charge in [0, 0.05) is 25.1 Å². The van der Waals surface area contributed by atoms with Crippen molar-refractivity contribution < 1.29 is 4.74 Å². The van der Waals surface area contributed by atoms with Gasteiger partial charge in [0.25, 0.3) is 0 Å². The van der Waals surface area contributed by atoms with Gasteiger partial charge in [-0.2, -0.15) is 0 Å². The van der Waals surface area contributed by atoms with E-state index in [9.17, 15) is 0 Å². The van der Waals surface area contributed by atoms with Crippen molar-refractivity contribution in [1.82, 2.24) is 14.5 Å². The molecule has 0 amide bonds. The maximum atomic E-state index is 5.95. The van der Waals surface area contributed by atoms with E-state index in [1.165, 1.54) is 0 Å². The van der Waals surface area contributed by atoms with Crippen molar-refractivity contribution in [2.45, 2.75) is 18.9 Å². The van der Waals surface area contributed by atoms with Crippen LogP contribution in [0.4, 0.5) is 0 Å². The summed E-state index contributed by atoms with van der Waals surface area (Å²) in [6, 6.07) is 2.15. The van der Waals surface area contributed by atoms with Gasteiger partial charge in [-0.25, -0.2) is 9.97 Å². The summed E-state index contributed by atoms with van der Waals surface area (Å²) in [4.78, 5) is 8.98. The van der Waals surface area contributed by atoms with Gasteiger partial charge < -0.3 is 9.30 Å². The molecular formula is C12H13Cl2N3O. The van der Waals surface area contributed by atoms with E-state index < -0.39 is 0 Å². The van der Waals surface area contributed by atoms with E-state index in [4.69, 9.17) is 27.9 Å². The summed E-state index contributed by atoms with van der Waals surface area (Å²) >= 11 is 11.8. The first-order valence-electron chi connectivity index (χ1n) is 5.95. The fraction of sp³-hybridized carbons (Fsp3) is 0.500. The Morgan fingerprint density at radius 3 is 3.11 bits per heavy atom. The van der Waals surface area contributed by atoms with Gasteiger partial charge in [-0.3, -0.25) is 0 Å². The van der Waals surface area contributed by atoms with Gasteiger partial charge in [-0.15, -0.1) is 11.6 Å². The first-order valence-corrected chi connectivity index (χ1v) is 6.87. The molecule has 96 valence electrons. The number of rotatable bonds is 3. The third-order valence-electron chi connectivity index (χ3n) is 3.16. The van der Waals surface area contributed by atoms with Crippen LogP contribution < -0.4 is 0 Å². The molecule has 0 bridgehead atoms. The third kappa shape index (κ3) is 2.09. The summed E-state index contributed by atoms with van der Waals surface area (Å²) in [6.07, 6.45) is 3.37. The van der Waals surface area contributed by atoms with Crippen LogP contribution in [0.15, 0.2) is 12.3 Å². The van der Waals surface area contributed by atoms with Crippen LogP contribution in [0.5, 0.6) is 0 Å². The highest BCUT2D eigenvalue weighted by atomic mass is 35.5. The van der Waals surface area contributed by atoms with E-state index in [1.807, 2.05) is 6.07 Å². The minimum Gasteiger partial charge on any atom is -0.379 e. The molecule has 1 atom stereocenters. The van der Waals surface area contributed by atoms with E-state index in [-0.39, 0.29) is 0 Å². The summed E-state index contributed by atoms with van der Waals surface area (Å²) in [5.74, 6) is 1.51. The number of pyridine rings is 1. The Balaban J connectivity index is 2.14. The van der Waals surface area contributed by atoms with Gasteiger partial charge in [0.05, 0.1) is 17.7 Å². The third-order valence-corrected chi connectivity index (χ3v) is 3.55. The summed E-state index contributed by atoms with van der Waals surface area (Å²) < 4.78 is 7.61. The largest absolute Gasteiger partial charge is 0.379 e. The molecule has 1 unspecified atom stereocenters. The van der Waals surface area contributed by atoms with Gasteiger partial charge >= 0.3 is 0 Å². The molecule has 6 heteroatoms. The Labute approximate surface area is 115 Å². The number of imidazole rings is 1. The Kier molecular flexibility index (Phi) is 3.41. The normalized spacial score (nSPS) is 19.8. The molecule has 0 saturated carbocycles. The van der Waals surface area contributed by atoms with Crippen LogP contribution in [0, 0.1) is 0 Å². The predicted octanol–water partition coefficient (Wildman–Crippen LogP) is 2.83. The number of aromatic nitrogens is 3. The van der Waals surface area contributed by atoms with Crippen molar-refractivity contribution in [2.75, 3.05) is 19.1 Å². The second kappa shape index (κ2) is 5.03. The molecule has 2 aromatic rings. The van der Waals surface area contributed by atoms with Crippen molar-refractivity contribution >= 4 is 34.4 Å². The molecule has 0 aromatic carbocycles. The summed E-state index contributed by atoms with van der Waals surface area (Å²) in [6.45, 7) is 1.50. The molecule has 2 aromatic heterocycles. The lowest BCUT2D eigenvalue weighted by atomic mass is 10.2. The lowest BCUT2D eigenvalue weighted by Gasteiger charge is -2.13. The van der Waals surface area contributed by atoms with E-state index in [0.717, 1.165) is 36.4 Å². The Hall–Kier alpha value is -0.840. The van der Waals surface area contributed by atoms with E-state index in [0.29, 0.717) is 23.6 Å². The van der Waals surface area contributed by atoms with Crippen LogP contribution in [0.1, 0.15) is 18.3 Å². The lowest BCUT2D eigenvalue weighted by Crippen LogP contribution is -2.13. The van der Waals surface area contributed by atoms with E-state index >= 15 is 0 Å². The minimum absolute atomic E-state index is 0.307. The quantitative estimate of drug-likeness (QED) is 0.814. The summed E-state index contributed by atoms with van der Waals surface area (Å²) in [5, 5.41) is 0.604. The van der Waals surface area contributed by atoms with Crippen molar-refractivity contribution in [2.24, 2.45) is 0 Å².